The number of hydrogen-bond acceptors (Lipinski definition) is 3. The van der Waals surface area contributed by atoms with Crippen molar-refractivity contribution in [2.45, 2.75) is 5.92 Å². The van der Waals surface area contributed by atoms with Crippen LogP contribution in [0.3, 0.4) is 0 Å². The Labute approximate surface area is 123 Å². The topological polar surface area (TPSA) is 59.0 Å². The van der Waals surface area contributed by atoms with Gasteiger partial charge < -0.3 is 10.5 Å². The first kappa shape index (κ1) is 13.0. The molecule has 0 spiro atoms. The first-order chi connectivity index (χ1) is 10.3. The Hall–Kier alpha value is -2.99. The van der Waals surface area contributed by atoms with E-state index in [2.05, 4.69) is 6.07 Å². The molecule has 3 nitrogen and oxygen atoms in total. The first-order valence-electron chi connectivity index (χ1n) is 6.69. The van der Waals surface area contributed by atoms with Crippen molar-refractivity contribution >= 4 is 5.76 Å². The molecule has 2 aromatic rings. The van der Waals surface area contributed by atoms with Crippen LogP contribution in [0.1, 0.15) is 17.0 Å². The van der Waals surface area contributed by atoms with Crippen molar-refractivity contribution in [3.8, 4) is 6.07 Å². The lowest BCUT2D eigenvalue weighted by atomic mass is 9.89. The maximum absolute atomic E-state index is 9.35. The van der Waals surface area contributed by atoms with Gasteiger partial charge in [0.2, 0.25) is 5.88 Å². The third-order valence-corrected chi connectivity index (χ3v) is 3.45. The minimum absolute atomic E-state index is 0.174. The average Bonchev–Trinajstić information content (AvgIpc) is 2.55. The number of allylic oxidation sites excluding steroid dienone is 2. The molecular weight excluding hydrogens is 260 g/mol. The highest BCUT2D eigenvalue weighted by molar-refractivity contribution is 5.65. The summed E-state index contributed by atoms with van der Waals surface area (Å²) in [6.45, 7) is 0. The standard InChI is InChI=1S/C18H14N2O/c19-12-16-15(13-7-3-1-4-8-13)11-17(21-18(16)20)14-9-5-2-6-10-14/h1-11,15H,20H2/t15-/m1/s1. The van der Waals surface area contributed by atoms with Crippen molar-refractivity contribution in [2.75, 3.05) is 0 Å². The molecule has 0 saturated heterocycles. The van der Waals surface area contributed by atoms with Crippen molar-refractivity contribution in [3.05, 3.63) is 89.3 Å². The molecule has 0 aromatic heterocycles. The van der Waals surface area contributed by atoms with E-state index in [1.54, 1.807) is 0 Å². The lowest BCUT2D eigenvalue weighted by molar-refractivity contribution is 0.360. The van der Waals surface area contributed by atoms with Crippen LogP contribution in [0.15, 0.2) is 78.2 Å². The van der Waals surface area contributed by atoms with Gasteiger partial charge >= 0.3 is 0 Å². The molecule has 0 amide bonds. The van der Waals surface area contributed by atoms with E-state index in [9.17, 15) is 5.26 Å². The fraction of sp³-hybridized carbons (Fsp3) is 0.0556. The molecule has 3 heteroatoms. The quantitative estimate of drug-likeness (QED) is 0.911. The Morgan fingerprint density at radius 3 is 2.19 bits per heavy atom. The monoisotopic (exact) mass is 274 g/mol. The molecule has 1 aliphatic heterocycles. The number of hydrogen-bond donors (Lipinski definition) is 1. The summed E-state index contributed by atoms with van der Waals surface area (Å²) in [5.41, 5.74) is 8.35. The number of nitrogens with zero attached hydrogens (tertiary/aromatic N) is 1. The second-order valence-electron chi connectivity index (χ2n) is 4.78. The van der Waals surface area contributed by atoms with Gasteiger partial charge in [0.1, 0.15) is 17.4 Å². The highest BCUT2D eigenvalue weighted by Crippen LogP contribution is 2.35. The Kier molecular flexibility index (Phi) is 3.44. The average molecular weight is 274 g/mol. The number of ether oxygens (including phenoxy) is 1. The van der Waals surface area contributed by atoms with E-state index >= 15 is 0 Å². The third-order valence-electron chi connectivity index (χ3n) is 3.45. The van der Waals surface area contributed by atoms with Crippen molar-refractivity contribution in [2.24, 2.45) is 5.73 Å². The summed E-state index contributed by atoms with van der Waals surface area (Å²) >= 11 is 0. The molecule has 0 unspecified atom stereocenters. The van der Waals surface area contributed by atoms with E-state index < -0.39 is 0 Å². The second kappa shape index (κ2) is 5.56. The van der Waals surface area contributed by atoms with Crippen LogP contribution in [-0.4, -0.2) is 0 Å². The van der Waals surface area contributed by atoms with Crippen LogP contribution < -0.4 is 5.73 Å². The van der Waals surface area contributed by atoms with E-state index in [4.69, 9.17) is 10.5 Å². The zero-order valence-electron chi connectivity index (χ0n) is 11.4. The van der Waals surface area contributed by atoms with Gasteiger partial charge in [-0.1, -0.05) is 60.7 Å². The summed E-state index contributed by atoms with van der Waals surface area (Å²) in [5.74, 6) is 0.675. The van der Waals surface area contributed by atoms with Gasteiger partial charge in [0.05, 0.1) is 0 Å². The van der Waals surface area contributed by atoms with E-state index in [-0.39, 0.29) is 11.8 Å². The molecule has 3 rings (SSSR count). The van der Waals surface area contributed by atoms with Crippen LogP contribution in [0.5, 0.6) is 0 Å². The summed E-state index contributed by atoms with van der Waals surface area (Å²) in [5, 5.41) is 9.35. The molecular formula is C18H14N2O. The van der Waals surface area contributed by atoms with Gasteiger partial charge in [-0.05, 0) is 11.6 Å². The molecule has 0 bridgehead atoms. The van der Waals surface area contributed by atoms with E-state index in [1.807, 2.05) is 66.7 Å². The Bertz CT molecular complexity index is 740. The van der Waals surface area contributed by atoms with Gasteiger partial charge in [-0.15, -0.1) is 0 Å². The van der Waals surface area contributed by atoms with E-state index in [1.165, 1.54) is 0 Å². The third kappa shape index (κ3) is 2.52. The molecule has 2 N–H and O–H groups in total. The summed E-state index contributed by atoms with van der Waals surface area (Å²) in [6.07, 6.45) is 1.94. The minimum Gasteiger partial charge on any atom is -0.440 e. The summed E-state index contributed by atoms with van der Waals surface area (Å²) in [7, 11) is 0. The SMILES string of the molecule is N#CC1=C(N)OC(c2ccccc2)=C[C@@H]1c1ccccc1. The minimum atomic E-state index is -0.180. The fourth-order valence-electron chi connectivity index (χ4n) is 2.40. The van der Waals surface area contributed by atoms with Crippen molar-refractivity contribution in [1.29, 1.82) is 5.26 Å². The Morgan fingerprint density at radius 2 is 1.57 bits per heavy atom. The van der Waals surface area contributed by atoms with E-state index in [0.717, 1.165) is 11.1 Å². The molecule has 0 fully saturated rings. The highest BCUT2D eigenvalue weighted by atomic mass is 16.5. The van der Waals surface area contributed by atoms with Gasteiger partial charge in [0.25, 0.3) is 0 Å². The van der Waals surface area contributed by atoms with Crippen LogP contribution in [0.4, 0.5) is 0 Å². The Balaban J connectivity index is 2.07. The molecule has 0 radical (unpaired) electrons. The predicted molar refractivity (Wildman–Crippen MR) is 81.5 cm³/mol. The van der Waals surface area contributed by atoms with Crippen molar-refractivity contribution in [3.63, 3.8) is 0 Å². The van der Waals surface area contributed by atoms with E-state index in [0.29, 0.717) is 11.3 Å². The number of rotatable bonds is 2. The number of nitrogens with two attached hydrogens (primary N) is 1. The largest absolute Gasteiger partial charge is 0.440 e. The number of benzene rings is 2. The van der Waals surface area contributed by atoms with Crippen LogP contribution in [0.25, 0.3) is 5.76 Å². The van der Waals surface area contributed by atoms with Gasteiger partial charge in [-0.25, -0.2) is 0 Å². The maximum Gasteiger partial charge on any atom is 0.205 e. The normalized spacial score (nSPS) is 17.7. The summed E-state index contributed by atoms with van der Waals surface area (Å²) < 4.78 is 5.62. The summed E-state index contributed by atoms with van der Waals surface area (Å²) in [6, 6.07) is 21.7. The molecule has 102 valence electrons. The van der Waals surface area contributed by atoms with Crippen LogP contribution in [-0.2, 0) is 4.74 Å². The smallest absolute Gasteiger partial charge is 0.205 e. The predicted octanol–water partition coefficient (Wildman–Crippen LogP) is 3.54. The molecule has 0 saturated carbocycles. The zero-order chi connectivity index (χ0) is 14.7. The van der Waals surface area contributed by atoms with Crippen molar-refractivity contribution in [1.82, 2.24) is 0 Å². The second-order valence-corrected chi connectivity index (χ2v) is 4.78. The lowest BCUT2D eigenvalue weighted by Crippen LogP contribution is -2.16. The number of nitriles is 1. The molecule has 1 atom stereocenters. The Morgan fingerprint density at radius 1 is 0.952 bits per heavy atom. The summed E-state index contributed by atoms with van der Waals surface area (Å²) in [4.78, 5) is 0. The van der Waals surface area contributed by atoms with Crippen LogP contribution >= 0.6 is 0 Å². The molecule has 1 aliphatic rings. The van der Waals surface area contributed by atoms with Gasteiger partial charge in [-0.2, -0.15) is 5.26 Å². The lowest BCUT2D eigenvalue weighted by Gasteiger charge is -2.23. The first-order valence-corrected chi connectivity index (χ1v) is 6.69. The molecule has 1 heterocycles. The van der Waals surface area contributed by atoms with Crippen molar-refractivity contribution < 1.29 is 4.74 Å². The van der Waals surface area contributed by atoms with Gasteiger partial charge in [0.15, 0.2) is 0 Å². The van der Waals surface area contributed by atoms with Gasteiger partial charge in [-0.3, -0.25) is 0 Å². The van der Waals surface area contributed by atoms with Gasteiger partial charge in [0, 0.05) is 11.5 Å². The highest BCUT2D eigenvalue weighted by Gasteiger charge is 2.25. The molecule has 0 aliphatic carbocycles. The zero-order valence-corrected chi connectivity index (χ0v) is 11.4. The maximum atomic E-state index is 9.35. The molecule has 21 heavy (non-hydrogen) atoms. The fourth-order valence-corrected chi connectivity index (χ4v) is 2.40. The molecule has 2 aromatic carbocycles. The van der Waals surface area contributed by atoms with Crippen LogP contribution in [0.2, 0.25) is 0 Å². The van der Waals surface area contributed by atoms with Crippen LogP contribution in [0, 0.1) is 11.3 Å².